The highest BCUT2D eigenvalue weighted by Crippen LogP contribution is 2.13. The molecule has 0 saturated carbocycles. The molecule has 0 aliphatic carbocycles. The van der Waals surface area contributed by atoms with Crippen LogP contribution in [0.1, 0.15) is 130 Å². The summed E-state index contributed by atoms with van der Waals surface area (Å²) in [7, 11) is 0. The molecule has 4 heteroatoms. The lowest BCUT2D eigenvalue weighted by Gasteiger charge is -2.11. The summed E-state index contributed by atoms with van der Waals surface area (Å²) in [5, 5.41) is 0. The second kappa shape index (κ2) is 22.4. The molecule has 0 atom stereocenters. The van der Waals surface area contributed by atoms with Gasteiger partial charge in [0.15, 0.2) is 0 Å². The number of rotatable bonds is 21. The molecular weight excluding hydrogens is 376 g/mol. The average molecular weight is 425 g/mol. The highest BCUT2D eigenvalue weighted by Gasteiger charge is 2.08. The summed E-state index contributed by atoms with van der Waals surface area (Å²) >= 11 is 0. The van der Waals surface area contributed by atoms with E-state index in [0.717, 1.165) is 37.8 Å². The minimum absolute atomic E-state index is 0.0847. The first kappa shape index (κ1) is 28.7. The molecule has 0 radical (unpaired) electrons. The topological polar surface area (TPSA) is 52.6 Å². The number of esters is 2. The molecule has 0 spiro atoms. The Morgan fingerprint density at radius 2 is 1.00 bits per heavy atom. The zero-order valence-corrected chi connectivity index (χ0v) is 20.1. The standard InChI is InChI=1S/C26H48O4/c1-4-7-8-9-10-11-12-13-14-15-16-17-18-19-20-23-29-25(27)21-22-26(28)30-24(5-2)6-3/h21-22,24H,4-20,23H2,1-3H3/b22-21+. The lowest BCUT2D eigenvalue weighted by Crippen LogP contribution is -2.15. The van der Waals surface area contributed by atoms with E-state index in [-0.39, 0.29) is 6.10 Å². The van der Waals surface area contributed by atoms with E-state index < -0.39 is 11.9 Å². The number of carbonyl (C=O) groups excluding carboxylic acids is 2. The van der Waals surface area contributed by atoms with E-state index in [2.05, 4.69) is 6.92 Å². The fraction of sp³-hybridized carbons (Fsp3) is 0.846. The smallest absolute Gasteiger partial charge is 0.331 e. The summed E-state index contributed by atoms with van der Waals surface area (Å²) < 4.78 is 10.3. The van der Waals surface area contributed by atoms with Gasteiger partial charge in [-0.3, -0.25) is 0 Å². The monoisotopic (exact) mass is 424 g/mol. The summed E-state index contributed by atoms with van der Waals surface area (Å²) in [6.07, 6.45) is 23.5. The summed E-state index contributed by atoms with van der Waals surface area (Å²) in [5.74, 6) is -0.950. The Bertz CT molecular complexity index is 427. The minimum Gasteiger partial charge on any atom is -0.463 e. The van der Waals surface area contributed by atoms with Crippen molar-refractivity contribution in [3.05, 3.63) is 12.2 Å². The van der Waals surface area contributed by atoms with E-state index in [9.17, 15) is 9.59 Å². The largest absolute Gasteiger partial charge is 0.463 e. The lowest BCUT2D eigenvalue weighted by molar-refractivity contribution is -0.144. The van der Waals surface area contributed by atoms with Gasteiger partial charge in [-0.15, -0.1) is 0 Å². The molecule has 30 heavy (non-hydrogen) atoms. The molecule has 0 bridgehead atoms. The van der Waals surface area contributed by atoms with Gasteiger partial charge in [0, 0.05) is 12.2 Å². The quantitative estimate of drug-likeness (QED) is 0.108. The molecule has 0 saturated heterocycles. The zero-order valence-electron chi connectivity index (χ0n) is 20.1. The van der Waals surface area contributed by atoms with Crippen LogP contribution in [-0.4, -0.2) is 24.6 Å². The average Bonchev–Trinajstić information content (AvgIpc) is 2.75. The predicted octanol–water partition coefficient (Wildman–Crippen LogP) is 7.69. The van der Waals surface area contributed by atoms with Crippen LogP contribution in [-0.2, 0) is 19.1 Å². The van der Waals surface area contributed by atoms with Crippen molar-refractivity contribution in [3.63, 3.8) is 0 Å². The summed E-state index contributed by atoms with van der Waals surface area (Å²) in [5.41, 5.74) is 0. The number of ether oxygens (including phenoxy) is 2. The second-order valence-electron chi connectivity index (χ2n) is 8.33. The predicted molar refractivity (Wildman–Crippen MR) is 125 cm³/mol. The van der Waals surface area contributed by atoms with Crippen molar-refractivity contribution >= 4 is 11.9 Å². The van der Waals surface area contributed by atoms with Crippen molar-refractivity contribution < 1.29 is 19.1 Å². The van der Waals surface area contributed by atoms with Crippen LogP contribution < -0.4 is 0 Å². The first-order chi connectivity index (χ1) is 14.6. The van der Waals surface area contributed by atoms with Crippen LogP contribution in [0.3, 0.4) is 0 Å². The van der Waals surface area contributed by atoms with Gasteiger partial charge in [-0.1, -0.05) is 111 Å². The Hall–Kier alpha value is -1.32. The minimum atomic E-state index is -0.479. The third-order valence-corrected chi connectivity index (χ3v) is 5.54. The molecule has 0 aromatic heterocycles. The van der Waals surface area contributed by atoms with Crippen LogP contribution in [0.15, 0.2) is 12.2 Å². The van der Waals surface area contributed by atoms with Gasteiger partial charge < -0.3 is 9.47 Å². The van der Waals surface area contributed by atoms with Gasteiger partial charge >= 0.3 is 11.9 Å². The SMILES string of the molecule is CCCCCCCCCCCCCCCCCOC(=O)/C=C/C(=O)OC(CC)CC. The van der Waals surface area contributed by atoms with E-state index in [0.29, 0.717) is 6.61 Å². The molecule has 0 rings (SSSR count). The Morgan fingerprint density at radius 3 is 1.43 bits per heavy atom. The van der Waals surface area contributed by atoms with Crippen LogP contribution in [0.2, 0.25) is 0 Å². The molecule has 0 aliphatic rings. The van der Waals surface area contributed by atoms with E-state index >= 15 is 0 Å². The lowest BCUT2D eigenvalue weighted by atomic mass is 10.0. The number of hydrogen-bond donors (Lipinski definition) is 0. The van der Waals surface area contributed by atoms with Crippen molar-refractivity contribution in [2.45, 2.75) is 136 Å². The zero-order chi connectivity index (χ0) is 22.3. The van der Waals surface area contributed by atoms with Gasteiger partial charge in [-0.05, 0) is 19.3 Å². The normalized spacial score (nSPS) is 11.3. The van der Waals surface area contributed by atoms with E-state index in [1.54, 1.807) is 0 Å². The van der Waals surface area contributed by atoms with E-state index in [1.165, 1.54) is 83.5 Å². The van der Waals surface area contributed by atoms with Crippen molar-refractivity contribution in [1.82, 2.24) is 0 Å². The second-order valence-corrected chi connectivity index (χ2v) is 8.33. The third-order valence-electron chi connectivity index (χ3n) is 5.54. The van der Waals surface area contributed by atoms with Crippen molar-refractivity contribution in [3.8, 4) is 0 Å². The van der Waals surface area contributed by atoms with Crippen LogP contribution in [0.5, 0.6) is 0 Å². The van der Waals surface area contributed by atoms with Gasteiger partial charge in [-0.25, -0.2) is 9.59 Å². The van der Waals surface area contributed by atoms with E-state index in [4.69, 9.17) is 9.47 Å². The fourth-order valence-corrected chi connectivity index (χ4v) is 3.49. The van der Waals surface area contributed by atoms with E-state index in [1.807, 2.05) is 13.8 Å². The van der Waals surface area contributed by atoms with Gasteiger partial charge in [0.25, 0.3) is 0 Å². The van der Waals surface area contributed by atoms with Crippen LogP contribution in [0, 0.1) is 0 Å². The number of carbonyl (C=O) groups is 2. The Kier molecular flexibility index (Phi) is 21.4. The molecule has 0 fully saturated rings. The van der Waals surface area contributed by atoms with Crippen LogP contribution in [0.4, 0.5) is 0 Å². The van der Waals surface area contributed by atoms with Crippen LogP contribution in [0.25, 0.3) is 0 Å². The maximum Gasteiger partial charge on any atom is 0.331 e. The maximum absolute atomic E-state index is 11.6. The molecule has 0 aromatic carbocycles. The first-order valence-corrected chi connectivity index (χ1v) is 12.7. The molecule has 0 amide bonds. The van der Waals surface area contributed by atoms with Crippen molar-refractivity contribution in [2.75, 3.05) is 6.61 Å². The highest BCUT2D eigenvalue weighted by molar-refractivity contribution is 5.91. The molecule has 0 unspecified atom stereocenters. The third kappa shape index (κ3) is 20.0. The van der Waals surface area contributed by atoms with Gasteiger partial charge in [0.1, 0.15) is 6.10 Å². The molecule has 4 nitrogen and oxygen atoms in total. The van der Waals surface area contributed by atoms with Gasteiger partial charge in [-0.2, -0.15) is 0 Å². The summed E-state index contributed by atoms with van der Waals surface area (Å²) in [6, 6.07) is 0. The maximum atomic E-state index is 11.6. The van der Waals surface area contributed by atoms with Crippen molar-refractivity contribution in [1.29, 1.82) is 0 Å². The van der Waals surface area contributed by atoms with Crippen LogP contribution >= 0.6 is 0 Å². The van der Waals surface area contributed by atoms with Crippen molar-refractivity contribution in [2.24, 2.45) is 0 Å². The molecule has 0 aliphatic heterocycles. The molecule has 0 heterocycles. The number of hydrogen-bond acceptors (Lipinski definition) is 4. The Morgan fingerprint density at radius 1 is 0.600 bits per heavy atom. The molecule has 176 valence electrons. The molecule has 0 aromatic rings. The Balaban J connectivity index is 3.38. The molecule has 0 N–H and O–H groups in total. The van der Waals surface area contributed by atoms with Gasteiger partial charge in [0.05, 0.1) is 6.61 Å². The van der Waals surface area contributed by atoms with Gasteiger partial charge in [0.2, 0.25) is 0 Å². The molecular formula is C26H48O4. The Labute approximate surface area is 186 Å². The summed E-state index contributed by atoms with van der Waals surface area (Å²) in [6.45, 7) is 6.63. The fourth-order valence-electron chi connectivity index (χ4n) is 3.49. The number of unbranched alkanes of at least 4 members (excludes halogenated alkanes) is 14. The summed E-state index contributed by atoms with van der Waals surface area (Å²) in [4.78, 5) is 23.2. The first-order valence-electron chi connectivity index (χ1n) is 12.7. The highest BCUT2D eigenvalue weighted by atomic mass is 16.5.